The first kappa shape index (κ1) is 17.7. The van der Waals surface area contributed by atoms with Crippen molar-refractivity contribution in [1.82, 2.24) is 5.32 Å². The van der Waals surface area contributed by atoms with E-state index in [2.05, 4.69) is 26.1 Å². The van der Waals surface area contributed by atoms with E-state index in [1.807, 2.05) is 44.2 Å². The highest BCUT2D eigenvalue weighted by molar-refractivity contribution is 5.81. The lowest BCUT2D eigenvalue weighted by atomic mass is 9.81. The molecule has 0 saturated carbocycles. The number of hydrogen-bond acceptors (Lipinski definition) is 2. The zero-order valence-corrected chi connectivity index (χ0v) is 13.9. The van der Waals surface area contributed by atoms with Crippen LogP contribution in [-0.2, 0) is 11.2 Å². The van der Waals surface area contributed by atoms with Gasteiger partial charge in [-0.05, 0) is 44.1 Å². The SMILES string of the molecule is CC(C)(C)CC(C)(C)NC(=O)[C@@H](O)CCc1ccccc1. The number of aryl methyl sites for hydroxylation is 1. The molecule has 3 nitrogen and oxygen atoms in total. The molecule has 0 unspecified atom stereocenters. The van der Waals surface area contributed by atoms with E-state index in [0.717, 1.165) is 12.0 Å². The summed E-state index contributed by atoms with van der Waals surface area (Å²) in [4.78, 5) is 12.1. The van der Waals surface area contributed by atoms with Crippen LogP contribution in [0.1, 0.15) is 53.0 Å². The summed E-state index contributed by atoms with van der Waals surface area (Å²) in [6.45, 7) is 10.4. The average molecular weight is 291 g/mol. The van der Waals surface area contributed by atoms with Gasteiger partial charge in [0.05, 0.1) is 0 Å². The predicted molar refractivity (Wildman–Crippen MR) is 87.1 cm³/mol. The lowest BCUT2D eigenvalue weighted by Gasteiger charge is -2.34. The highest BCUT2D eigenvalue weighted by atomic mass is 16.3. The van der Waals surface area contributed by atoms with Gasteiger partial charge in [-0.15, -0.1) is 0 Å². The Morgan fingerprint density at radius 3 is 2.24 bits per heavy atom. The van der Waals surface area contributed by atoms with Crippen molar-refractivity contribution in [2.75, 3.05) is 0 Å². The van der Waals surface area contributed by atoms with Crippen LogP contribution >= 0.6 is 0 Å². The van der Waals surface area contributed by atoms with Gasteiger partial charge in [0, 0.05) is 5.54 Å². The van der Waals surface area contributed by atoms with Crippen LogP contribution < -0.4 is 5.32 Å². The monoisotopic (exact) mass is 291 g/mol. The minimum Gasteiger partial charge on any atom is -0.383 e. The third kappa shape index (κ3) is 7.28. The number of benzene rings is 1. The topological polar surface area (TPSA) is 49.3 Å². The average Bonchev–Trinajstić information content (AvgIpc) is 2.33. The van der Waals surface area contributed by atoms with Crippen LogP contribution in [0.3, 0.4) is 0 Å². The summed E-state index contributed by atoms with van der Waals surface area (Å²) < 4.78 is 0. The van der Waals surface area contributed by atoms with E-state index < -0.39 is 6.10 Å². The van der Waals surface area contributed by atoms with Gasteiger partial charge in [-0.3, -0.25) is 4.79 Å². The Bertz CT molecular complexity index is 446. The van der Waals surface area contributed by atoms with E-state index in [-0.39, 0.29) is 16.9 Å². The molecule has 0 aliphatic carbocycles. The molecular weight excluding hydrogens is 262 g/mol. The third-order valence-electron chi connectivity index (χ3n) is 3.29. The summed E-state index contributed by atoms with van der Waals surface area (Å²) in [6, 6.07) is 9.91. The Morgan fingerprint density at radius 1 is 1.14 bits per heavy atom. The number of aliphatic hydroxyl groups is 1. The minimum atomic E-state index is -0.954. The van der Waals surface area contributed by atoms with Crippen molar-refractivity contribution < 1.29 is 9.90 Å². The zero-order valence-electron chi connectivity index (χ0n) is 13.9. The minimum absolute atomic E-state index is 0.131. The number of nitrogens with one attached hydrogen (secondary N) is 1. The summed E-state index contributed by atoms with van der Waals surface area (Å²) in [7, 11) is 0. The molecule has 3 heteroatoms. The first-order valence-corrected chi connectivity index (χ1v) is 7.63. The molecule has 21 heavy (non-hydrogen) atoms. The molecule has 0 aliphatic heterocycles. The van der Waals surface area contributed by atoms with Crippen molar-refractivity contribution in [1.29, 1.82) is 0 Å². The molecule has 2 N–H and O–H groups in total. The second-order valence-electron chi connectivity index (χ2n) is 7.65. The number of amides is 1. The van der Waals surface area contributed by atoms with Crippen molar-refractivity contribution >= 4 is 5.91 Å². The molecule has 1 amide bonds. The molecule has 118 valence electrons. The maximum Gasteiger partial charge on any atom is 0.249 e. The van der Waals surface area contributed by atoms with Gasteiger partial charge in [-0.25, -0.2) is 0 Å². The van der Waals surface area contributed by atoms with Crippen molar-refractivity contribution in [3.05, 3.63) is 35.9 Å². The highest BCUT2D eigenvalue weighted by Gasteiger charge is 2.28. The fourth-order valence-electron chi connectivity index (χ4n) is 2.87. The number of carbonyl (C=O) groups excluding carboxylic acids is 1. The first-order valence-electron chi connectivity index (χ1n) is 7.63. The quantitative estimate of drug-likeness (QED) is 0.845. The maximum absolute atomic E-state index is 12.1. The van der Waals surface area contributed by atoms with Gasteiger partial charge in [0.15, 0.2) is 0 Å². The normalized spacial score (nSPS) is 13.8. The number of rotatable bonds is 6. The summed E-state index contributed by atoms with van der Waals surface area (Å²) in [5, 5.41) is 13.0. The van der Waals surface area contributed by atoms with Gasteiger partial charge in [-0.1, -0.05) is 51.1 Å². The van der Waals surface area contributed by atoms with Gasteiger partial charge in [-0.2, -0.15) is 0 Å². The summed E-state index contributed by atoms with van der Waals surface area (Å²) in [5.41, 5.74) is 0.952. The lowest BCUT2D eigenvalue weighted by molar-refractivity contribution is -0.131. The van der Waals surface area contributed by atoms with Crippen LogP contribution in [0.5, 0.6) is 0 Å². The molecule has 0 fully saturated rings. The molecule has 0 aromatic heterocycles. The second kappa shape index (κ2) is 7.08. The largest absolute Gasteiger partial charge is 0.383 e. The standard InChI is InChI=1S/C18H29NO2/c1-17(2,3)13-18(4,5)19-16(21)15(20)12-11-14-9-7-6-8-10-14/h6-10,15,20H,11-13H2,1-5H3,(H,19,21)/t15-/m0/s1. The van der Waals surface area contributed by atoms with E-state index in [0.29, 0.717) is 12.8 Å². The lowest BCUT2D eigenvalue weighted by Crippen LogP contribution is -2.49. The molecule has 1 aromatic carbocycles. The molecular formula is C18H29NO2. The van der Waals surface area contributed by atoms with E-state index >= 15 is 0 Å². The smallest absolute Gasteiger partial charge is 0.249 e. The number of hydrogen-bond donors (Lipinski definition) is 2. The van der Waals surface area contributed by atoms with Crippen LogP contribution in [0.4, 0.5) is 0 Å². The van der Waals surface area contributed by atoms with Crippen molar-refractivity contribution in [2.45, 2.75) is 65.5 Å². The van der Waals surface area contributed by atoms with Crippen LogP contribution in [0.15, 0.2) is 30.3 Å². The third-order valence-corrected chi connectivity index (χ3v) is 3.29. The van der Waals surface area contributed by atoms with Gasteiger partial charge < -0.3 is 10.4 Å². The molecule has 1 atom stereocenters. The fourth-order valence-corrected chi connectivity index (χ4v) is 2.87. The van der Waals surface area contributed by atoms with Crippen LogP contribution in [-0.4, -0.2) is 22.7 Å². The summed E-state index contributed by atoms with van der Waals surface area (Å²) in [6.07, 6.45) is 1.05. The maximum atomic E-state index is 12.1. The Morgan fingerprint density at radius 2 is 1.71 bits per heavy atom. The van der Waals surface area contributed by atoms with Crippen LogP contribution in [0.25, 0.3) is 0 Å². The number of carbonyl (C=O) groups is 1. The van der Waals surface area contributed by atoms with E-state index in [1.54, 1.807) is 0 Å². The van der Waals surface area contributed by atoms with Crippen molar-refractivity contribution in [2.24, 2.45) is 5.41 Å². The van der Waals surface area contributed by atoms with Crippen molar-refractivity contribution in [3.8, 4) is 0 Å². The first-order chi connectivity index (χ1) is 9.59. The molecule has 0 saturated heterocycles. The zero-order chi connectivity index (χ0) is 16.1. The Hall–Kier alpha value is -1.35. The van der Waals surface area contributed by atoms with Gasteiger partial charge >= 0.3 is 0 Å². The Kier molecular flexibility index (Phi) is 5.97. The van der Waals surface area contributed by atoms with Gasteiger partial charge in [0.25, 0.3) is 0 Å². The second-order valence-corrected chi connectivity index (χ2v) is 7.65. The Labute approximate surface area is 128 Å². The number of aliphatic hydroxyl groups excluding tert-OH is 1. The van der Waals surface area contributed by atoms with Crippen LogP contribution in [0, 0.1) is 5.41 Å². The fraction of sp³-hybridized carbons (Fsp3) is 0.611. The van der Waals surface area contributed by atoms with E-state index in [9.17, 15) is 9.90 Å². The predicted octanol–water partition coefficient (Wildman–Crippen LogP) is 3.31. The molecule has 0 spiro atoms. The molecule has 0 bridgehead atoms. The van der Waals surface area contributed by atoms with Gasteiger partial charge in [0.2, 0.25) is 5.91 Å². The molecule has 0 radical (unpaired) electrons. The molecule has 1 aromatic rings. The Balaban J connectivity index is 2.47. The highest BCUT2D eigenvalue weighted by Crippen LogP contribution is 2.26. The van der Waals surface area contributed by atoms with Crippen LogP contribution in [0.2, 0.25) is 0 Å². The van der Waals surface area contributed by atoms with Crippen molar-refractivity contribution in [3.63, 3.8) is 0 Å². The molecule has 0 heterocycles. The molecule has 0 aliphatic rings. The van der Waals surface area contributed by atoms with E-state index in [1.165, 1.54) is 0 Å². The van der Waals surface area contributed by atoms with Gasteiger partial charge in [0.1, 0.15) is 6.10 Å². The van der Waals surface area contributed by atoms with E-state index in [4.69, 9.17) is 0 Å². The molecule has 1 rings (SSSR count). The summed E-state index contributed by atoms with van der Waals surface area (Å²) >= 11 is 0. The summed E-state index contributed by atoms with van der Waals surface area (Å²) in [5.74, 6) is -0.278.